The average Bonchev–Trinajstić information content (AvgIpc) is 2.29. The first-order chi connectivity index (χ1) is 5.74. The van der Waals surface area contributed by atoms with E-state index in [4.69, 9.17) is 5.26 Å². The third kappa shape index (κ3) is 2.41. The quantitative estimate of drug-likeness (QED) is 0.340. The predicted octanol–water partition coefficient (Wildman–Crippen LogP) is 2.37. The lowest BCUT2D eigenvalue weighted by Crippen LogP contribution is -2.26. The van der Waals surface area contributed by atoms with Crippen molar-refractivity contribution >= 4 is 0 Å². The Kier molecular flexibility index (Phi) is 3.40. The summed E-state index contributed by atoms with van der Waals surface area (Å²) < 4.78 is 0. The smallest absolute Gasteiger partial charge is 0.179 e. The highest BCUT2D eigenvalue weighted by molar-refractivity contribution is 4.81. The molecule has 68 valence electrons. The van der Waals surface area contributed by atoms with Crippen LogP contribution in [0.15, 0.2) is 0 Å². The number of hydrogen-bond acceptors (Lipinski definition) is 2. The van der Waals surface area contributed by atoms with Gasteiger partial charge in [0, 0.05) is 13.1 Å². The molecule has 0 amide bonds. The first-order valence-corrected chi connectivity index (χ1v) is 4.86. The largest absolute Gasteiger partial charge is 0.311 e. The Labute approximate surface area is 75.2 Å². The minimum atomic E-state index is 0.514. The number of nitrogens with zero attached hydrogens (tertiary/aromatic N) is 2. The van der Waals surface area contributed by atoms with E-state index in [2.05, 4.69) is 13.1 Å². The van der Waals surface area contributed by atoms with Crippen LogP contribution in [-0.2, 0) is 0 Å². The van der Waals surface area contributed by atoms with E-state index in [1.807, 2.05) is 11.9 Å². The third-order valence-corrected chi connectivity index (χ3v) is 2.93. The Morgan fingerprint density at radius 2 is 2.00 bits per heavy atom. The Bertz CT molecular complexity index is 171. The van der Waals surface area contributed by atoms with E-state index in [1.54, 1.807) is 0 Å². The summed E-state index contributed by atoms with van der Waals surface area (Å²) in [6.07, 6.45) is 8.53. The van der Waals surface area contributed by atoms with Crippen molar-refractivity contribution in [2.75, 3.05) is 7.05 Å². The van der Waals surface area contributed by atoms with Crippen molar-refractivity contribution in [1.29, 1.82) is 5.26 Å². The third-order valence-electron chi connectivity index (χ3n) is 2.93. The molecule has 0 radical (unpaired) electrons. The summed E-state index contributed by atoms with van der Waals surface area (Å²) in [5.41, 5.74) is 0. The molecule has 0 heterocycles. The van der Waals surface area contributed by atoms with Crippen LogP contribution in [0.2, 0.25) is 0 Å². The summed E-state index contributed by atoms with van der Waals surface area (Å²) >= 11 is 0. The number of nitriles is 1. The second-order valence-corrected chi connectivity index (χ2v) is 3.98. The summed E-state index contributed by atoms with van der Waals surface area (Å²) in [5.74, 6) is 0.863. The molecule has 0 aliphatic heterocycles. The van der Waals surface area contributed by atoms with E-state index in [0.29, 0.717) is 6.04 Å². The van der Waals surface area contributed by atoms with Gasteiger partial charge in [0.2, 0.25) is 0 Å². The molecule has 12 heavy (non-hydrogen) atoms. The normalized spacial score (nSPS) is 30.4. The van der Waals surface area contributed by atoms with Gasteiger partial charge in [0.15, 0.2) is 6.19 Å². The van der Waals surface area contributed by atoms with E-state index < -0.39 is 0 Å². The molecule has 1 rings (SSSR count). The van der Waals surface area contributed by atoms with Crippen molar-refractivity contribution < 1.29 is 0 Å². The van der Waals surface area contributed by atoms with Gasteiger partial charge in [-0.2, -0.15) is 5.26 Å². The second-order valence-electron chi connectivity index (χ2n) is 3.98. The molecule has 0 aromatic rings. The van der Waals surface area contributed by atoms with Crippen molar-refractivity contribution in [3.05, 3.63) is 0 Å². The molecule has 0 saturated heterocycles. The van der Waals surface area contributed by atoms with Crippen molar-refractivity contribution in [2.45, 2.75) is 45.1 Å². The average molecular weight is 166 g/mol. The fourth-order valence-corrected chi connectivity index (χ4v) is 1.94. The fourth-order valence-electron chi connectivity index (χ4n) is 1.94. The van der Waals surface area contributed by atoms with Gasteiger partial charge in [0.1, 0.15) is 0 Å². The Balaban J connectivity index is 2.41. The Morgan fingerprint density at radius 3 is 2.67 bits per heavy atom. The summed E-state index contributed by atoms with van der Waals surface area (Å²) in [5, 5.41) is 8.72. The van der Waals surface area contributed by atoms with Gasteiger partial charge in [-0.15, -0.1) is 0 Å². The minimum absolute atomic E-state index is 0.514. The molecule has 0 aromatic carbocycles. The molecule has 2 atom stereocenters. The zero-order chi connectivity index (χ0) is 8.97. The van der Waals surface area contributed by atoms with Crippen molar-refractivity contribution in [2.24, 2.45) is 5.92 Å². The van der Waals surface area contributed by atoms with Gasteiger partial charge in [-0.25, -0.2) is 0 Å². The lowest BCUT2D eigenvalue weighted by molar-refractivity contribution is 0.308. The molecule has 1 fully saturated rings. The second kappa shape index (κ2) is 4.35. The molecule has 1 aliphatic rings. The van der Waals surface area contributed by atoms with Crippen LogP contribution in [0.4, 0.5) is 0 Å². The molecule has 1 saturated carbocycles. The van der Waals surface area contributed by atoms with E-state index in [1.165, 1.54) is 32.1 Å². The molecule has 1 aliphatic carbocycles. The summed E-state index contributed by atoms with van der Waals surface area (Å²) in [6.45, 7) is 2.31. The predicted molar refractivity (Wildman–Crippen MR) is 49.4 cm³/mol. The van der Waals surface area contributed by atoms with Gasteiger partial charge in [-0.3, -0.25) is 0 Å². The van der Waals surface area contributed by atoms with E-state index in [-0.39, 0.29) is 0 Å². The van der Waals surface area contributed by atoms with Gasteiger partial charge >= 0.3 is 0 Å². The molecule has 2 heteroatoms. The van der Waals surface area contributed by atoms with Gasteiger partial charge < -0.3 is 4.90 Å². The molecular formula is C10H18N2. The van der Waals surface area contributed by atoms with Gasteiger partial charge in [-0.05, 0) is 25.2 Å². The maximum absolute atomic E-state index is 8.72. The zero-order valence-electron chi connectivity index (χ0n) is 8.08. The van der Waals surface area contributed by atoms with Crippen molar-refractivity contribution in [1.82, 2.24) is 4.90 Å². The van der Waals surface area contributed by atoms with Crippen LogP contribution in [0.25, 0.3) is 0 Å². The lowest BCUT2D eigenvalue weighted by atomic mass is 10.0. The fraction of sp³-hybridized carbons (Fsp3) is 0.900. The van der Waals surface area contributed by atoms with Crippen LogP contribution in [0.5, 0.6) is 0 Å². The standard InChI is InChI=1S/C10H18N2/c1-9-4-3-5-10(7-6-9)12(2)8-11/h9-10H,3-7H2,1-2H3. The molecule has 2 nitrogen and oxygen atoms in total. The first-order valence-electron chi connectivity index (χ1n) is 4.86. The summed E-state index contributed by atoms with van der Waals surface area (Å²) in [4.78, 5) is 1.82. The molecular weight excluding hydrogens is 148 g/mol. The molecule has 0 aromatic heterocycles. The zero-order valence-corrected chi connectivity index (χ0v) is 8.08. The number of rotatable bonds is 1. The topological polar surface area (TPSA) is 27.0 Å². The highest BCUT2D eigenvalue weighted by Crippen LogP contribution is 2.24. The summed E-state index contributed by atoms with van der Waals surface area (Å²) in [6, 6.07) is 0.514. The highest BCUT2D eigenvalue weighted by Gasteiger charge is 2.18. The molecule has 0 spiro atoms. The monoisotopic (exact) mass is 166 g/mol. The van der Waals surface area contributed by atoms with Gasteiger partial charge in [-0.1, -0.05) is 19.8 Å². The first kappa shape index (κ1) is 9.38. The maximum Gasteiger partial charge on any atom is 0.179 e. The van der Waals surface area contributed by atoms with Crippen LogP contribution in [0.1, 0.15) is 39.0 Å². The van der Waals surface area contributed by atoms with Crippen molar-refractivity contribution in [3.8, 4) is 6.19 Å². The van der Waals surface area contributed by atoms with Crippen LogP contribution >= 0.6 is 0 Å². The van der Waals surface area contributed by atoms with Crippen molar-refractivity contribution in [3.63, 3.8) is 0 Å². The van der Waals surface area contributed by atoms with E-state index in [9.17, 15) is 0 Å². The number of hydrogen-bond donors (Lipinski definition) is 0. The SMILES string of the molecule is CC1CCCC(N(C)C#N)CC1. The van der Waals surface area contributed by atoms with E-state index >= 15 is 0 Å². The van der Waals surface area contributed by atoms with Crippen LogP contribution in [-0.4, -0.2) is 18.0 Å². The molecule has 0 N–H and O–H groups in total. The highest BCUT2D eigenvalue weighted by atomic mass is 15.1. The van der Waals surface area contributed by atoms with Crippen LogP contribution in [0, 0.1) is 17.4 Å². The lowest BCUT2D eigenvalue weighted by Gasteiger charge is -2.20. The Morgan fingerprint density at radius 1 is 1.25 bits per heavy atom. The van der Waals surface area contributed by atoms with Crippen LogP contribution < -0.4 is 0 Å². The van der Waals surface area contributed by atoms with Crippen LogP contribution in [0.3, 0.4) is 0 Å². The summed E-state index contributed by atoms with van der Waals surface area (Å²) in [7, 11) is 1.90. The molecule has 2 unspecified atom stereocenters. The Hall–Kier alpha value is -0.710. The molecule has 0 bridgehead atoms. The maximum atomic E-state index is 8.72. The van der Waals surface area contributed by atoms with Gasteiger partial charge in [0.25, 0.3) is 0 Å². The van der Waals surface area contributed by atoms with Gasteiger partial charge in [0.05, 0.1) is 0 Å². The minimum Gasteiger partial charge on any atom is -0.311 e. The van der Waals surface area contributed by atoms with E-state index in [0.717, 1.165) is 5.92 Å².